The fourth-order valence-electron chi connectivity index (χ4n) is 3.57. The monoisotopic (exact) mass is 332 g/mol. The van der Waals surface area contributed by atoms with E-state index in [0.717, 1.165) is 36.1 Å². The average Bonchev–Trinajstić information content (AvgIpc) is 2.52. The maximum Gasteiger partial charge on any atom is 0.260 e. The maximum absolute atomic E-state index is 12.2. The molecule has 0 unspecified atom stereocenters. The Hall–Kier alpha value is -1.55. The Balaban J connectivity index is 1.66. The van der Waals surface area contributed by atoms with Gasteiger partial charge in [0.25, 0.3) is 5.91 Å². The van der Waals surface area contributed by atoms with E-state index in [4.69, 9.17) is 4.74 Å². The third kappa shape index (κ3) is 5.82. The summed E-state index contributed by atoms with van der Waals surface area (Å²) in [7, 11) is 0. The van der Waals surface area contributed by atoms with Crippen LogP contribution >= 0.6 is 0 Å². The number of likely N-dealkylation sites (tertiary alicyclic amines) is 1. The molecule has 1 amide bonds. The third-order valence-corrected chi connectivity index (χ3v) is 4.66. The molecule has 0 bridgehead atoms. The summed E-state index contributed by atoms with van der Waals surface area (Å²) in [4.78, 5) is 14.7. The fraction of sp³-hybridized carbons (Fsp3) is 0.650. The predicted molar refractivity (Wildman–Crippen MR) is 98.3 cm³/mol. The highest BCUT2D eigenvalue weighted by atomic mass is 16.5. The highest BCUT2D eigenvalue weighted by molar-refractivity contribution is 5.80. The summed E-state index contributed by atoms with van der Waals surface area (Å²) in [5.41, 5.74) is 1.05. The van der Waals surface area contributed by atoms with Gasteiger partial charge in [-0.25, -0.2) is 0 Å². The van der Waals surface area contributed by atoms with Crippen LogP contribution in [-0.2, 0) is 4.79 Å². The second-order valence-corrected chi connectivity index (χ2v) is 7.38. The number of aryl methyl sites for hydroxylation is 1. The highest BCUT2D eigenvalue weighted by Gasteiger charge is 2.21. The molecule has 1 aromatic carbocycles. The van der Waals surface area contributed by atoms with Crippen molar-refractivity contribution in [1.29, 1.82) is 0 Å². The minimum atomic E-state index is -0.471. The van der Waals surface area contributed by atoms with Crippen molar-refractivity contribution in [3.8, 4) is 5.75 Å². The molecule has 0 spiro atoms. The molecule has 1 N–H and O–H groups in total. The van der Waals surface area contributed by atoms with Crippen LogP contribution in [0.25, 0.3) is 0 Å². The number of carbonyl (C=O) groups is 1. The molecule has 0 saturated carbocycles. The van der Waals surface area contributed by atoms with Gasteiger partial charge in [0.1, 0.15) is 5.75 Å². The molecular formula is C20H32N2O2. The first-order chi connectivity index (χ1) is 11.5. The van der Waals surface area contributed by atoms with Gasteiger partial charge in [0.05, 0.1) is 0 Å². The Kier molecular flexibility index (Phi) is 7.10. The molecule has 1 aromatic rings. The summed E-state index contributed by atoms with van der Waals surface area (Å²) in [5, 5.41) is 2.99. The summed E-state index contributed by atoms with van der Waals surface area (Å²) in [5.74, 6) is 2.30. The van der Waals surface area contributed by atoms with E-state index in [-0.39, 0.29) is 5.91 Å². The summed E-state index contributed by atoms with van der Waals surface area (Å²) in [6, 6.07) is 7.78. The van der Waals surface area contributed by atoms with Gasteiger partial charge >= 0.3 is 0 Å². The molecule has 1 saturated heterocycles. The number of nitrogens with zero attached hydrogens (tertiary/aromatic N) is 1. The number of hydrogen-bond acceptors (Lipinski definition) is 3. The van der Waals surface area contributed by atoms with Crippen LogP contribution < -0.4 is 10.1 Å². The standard InChI is InChI=1S/C20H32N2O2/c1-15-12-16(2)14-22(13-15)11-7-10-21-20(23)18(4)24-19-9-6-5-8-17(19)3/h5-6,8-9,15-16,18H,7,10-14H2,1-4H3,(H,21,23)/t15-,16-,18+/m0/s1. The van der Waals surface area contributed by atoms with Crippen molar-refractivity contribution in [2.24, 2.45) is 11.8 Å². The Labute approximate surface area is 146 Å². The molecule has 4 heteroatoms. The van der Waals surface area contributed by atoms with Crippen molar-refractivity contribution in [1.82, 2.24) is 10.2 Å². The minimum absolute atomic E-state index is 0.0429. The van der Waals surface area contributed by atoms with Crippen LogP contribution in [0.3, 0.4) is 0 Å². The Morgan fingerprint density at radius 2 is 1.96 bits per heavy atom. The molecule has 1 heterocycles. The normalized spacial score (nSPS) is 22.8. The van der Waals surface area contributed by atoms with Crippen LogP contribution in [0.1, 0.15) is 39.2 Å². The lowest BCUT2D eigenvalue weighted by atomic mass is 9.92. The molecule has 134 valence electrons. The number of para-hydroxylation sites is 1. The predicted octanol–water partition coefficient (Wildman–Crippen LogP) is 3.25. The van der Waals surface area contributed by atoms with Gasteiger partial charge < -0.3 is 15.0 Å². The molecule has 3 atom stereocenters. The average molecular weight is 332 g/mol. The van der Waals surface area contributed by atoms with E-state index in [1.165, 1.54) is 19.5 Å². The quantitative estimate of drug-likeness (QED) is 0.779. The van der Waals surface area contributed by atoms with Crippen LogP contribution in [0.4, 0.5) is 0 Å². The van der Waals surface area contributed by atoms with Crippen LogP contribution in [0.5, 0.6) is 5.75 Å². The zero-order valence-electron chi connectivity index (χ0n) is 15.5. The molecule has 1 fully saturated rings. The van der Waals surface area contributed by atoms with E-state index in [1.807, 2.05) is 31.2 Å². The number of hydrogen-bond donors (Lipinski definition) is 1. The van der Waals surface area contributed by atoms with E-state index in [0.29, 0.717) is 6.54 Å². The topological polar surface area (TPSA) is 41.6 Å². The van der Waals surface area contributed by atoms with Gasteiger partial charge in [0.15, 0.2) is 6.10 Å². The van der Waals surface area contributed by atoms with Crippen molar-refractivity contribution >= 4 is 5.91 Å². The lowest BCUT2D eigenvalue weighted by Crippen LogP contribution is -2.41. The number of carbonyl (C=O) groups excluding carboxylic acids is 1. The second-order valence-electron chi connectivity index (χ2n) is 7.38. The van der Waals surface area contributed by atoms with E-state index in [1.54, 1.807) is 6.92 Å². The van der Waals surface area contributed by atoms with Crippen LogP contribution in [0, 0.1) is 18.8 Å². The maximum atomic E-state index is 12.2. The lowest BCUT2D eigenvalue weighted by Gasteiger charge is -2.34. The number of benzene rings is 1. The van der Waals surface area contributed by atoms with Crippen molar-refractivity contribution in [2.45, 2.75) is 46.6 Å². The van der Waals surface area contributed by atoms with Gasteiger partial charge in [0.2, 0.25) is 0 Å². The first-order valence-electron chi connectivity index (χ1n) is 9.18. The molecule has 4 nitrogen and oxygen atoms in total. The summed E-state index contributed by atoms with van der Waals surface area (Å²) in [6.45, 7) is 12.6. The molecule has 2 rings (SSSR count). The molecule has 0 aliphatic carbocycles. The van der Waals surface area contributed by atoms with E-state index < -0.39 is 6.10 Å². The number of nitrogens with one attached hydrogen (secondary N) is 1. The minimum Gasteiger partial charge on any atom is -0.481 e. The number of amides is 1. The van der Waals surface area contributed by atoms with Gasteiger partial charge in [0, 0.05) is 19.6 Å². The molecule has 1 aliphatic heterocycles. The van der Waals surface area contributed by atoms with Crippen molar-refractivity contribution in [3.05, 3.63) is 29.8 Å². The third-order valence-electron chi connectivity index (χ3n) is 4.66. The second kappa shape index (κ2) is 9.07. The molecule has 24 heavy (non-hydrogen) atoms. The van der Waals surface area contributed by atoms with E-state index in [2.05, 4.69) is 24.1 Å². The summed E-state index contributed by atoms with van der Waals surface area (Å²) in [6.07, 6.45) is 1.85. The first-order valence-corrected chi connectivity index (χ1v) is 9.18. The fourth-order valence-corrected chi connectivity index (χ4v) is 3.57. The van der Waals surface area contributed by atoms with Crippen LogP contribution in [0.15, 0.2) is 24.3 Å². The summed E-state index contributed by atoms with van der Waals surface area (Å²) >= 11 is 0. The molecule has 0 radical (unpaired) electrons. The SMILES string of the molecule is Cc1ccccc1O[C@H](C)C(=O)NCCCN1C[C@@H](C)C[C@H](C)C1. The van der Waals surface area contributed by atoms with Gasteiger partial charge in [-0.15, -0.1) is 0 Å². The van der Waals surface area contributed by atoms with Crippen LogP contribution in [-0.4, -0.2) is 43.1 Å². The zero-order chi connectivity index (χ0) is 17.5. The molecular weight excluding hydrogens is 300 g/mol. The van der Waals surface area contributed by atoms with E-state index in [9.17, 15) is 4.79 Å². The zero-order valence-corrected chi connectivity index (χ0v) is 15.5. The van der Waals surface area contributed by atoms with Gasteiger partial charge in [-0.1, -0.05) is 32.0 Å². The number of rotatable bonds is 7. The molecule has 1 aliphatic rings. The smallest absolute Gasteiger partial charge is 0.260 e. The van der Waals surface area contributed by atoms with Crippen molar-refractivity contribution < 1.29 is 9.53 Å². The Morgan fingerprint density at radius 3 is 2.62 bits per heavy atom. The highest BCUT2D eigenvalue weighted by Crippen LogP contribution is 2.21. The molecule has 0 aromatic heterocycles. The largest absolute Gasteiger partial charge is 0.481 e. The Bertz CT molecular complexity index is 522. The van der Waals surface area contributed by atoms with Crippen LogP contribution in [0.2, 0.25) is 0 Å². The van der Waals surface area contributed by atoms with E-state index >= 15 is 0 Å². The van der Waals surface area contributed by atoms with Crippen molar-refractivity contribution in [2.75, 3.05) is 26.2 Å². The Morgan fingerprint density at radius 1 is 1.29 bits per heavy atom. The van der Waals surface area contributed by atoms with Gasteiger partial charge in [-0.3, -0.25) is 4.79 Å². The van der Waals surface area contributed by atoms with Gasteiger partial charge in [-0.05, 0) is 56.7 Å². The lowest BCUT2D eigenvalue weighted by molar-refractivity contribution is -0.127. The number of piperidine rings is 1. The summed E-state index contributed by atoms with van der Waals surface area (Å²) < 4.78 is 5.76. The van der Waals surface area contributed by atoms with Crippen molar-refractivity contribution in [3.63, 3.8) is 0 Å². The van der Waals surface area contributed by atoms with Gasteiger partial charge in [-0.2, -0.15) is 0 Å². The first kappa shape index (κ1) is 18.8. The number of ether oxygens (including phenoxy) is 1.